The van der Waals surface area contributed by atoms with Gasteiger partial charge >= 0.3 is 5.97 Å². The van der Waals surface area contributed by atoms with E-state index in [0.717, 1.165) is 42.5 Å². The number of halogens is 2. The SMILES string of the molecule is COC(=O)C1CCC([C@H](O)Cc2ccc(-c3cc(C)cc(Nc4cc(C(F)F)ccn4)n3)cn2)CC1. The molecule has 1 fully saturated rings. The summed E-state index contributed by atoms with van der Waals surface area (Å²) in [5.74, 6) is 0.685. The molecule has 7 nitrogen and oxygen atoms in total. The Hall–Kier alpha value is -3.46. The standard InChI is InChI=1S/C27H30F2N4O3/c1-16-11-22(32-25(12-16)33-24-13-19(26(28)29)9-10-30-24)20-7-8-21(31-15-20)14-23(34)17-3-5-18(6-4-17)27(35)36-2/h7-13,15,17-18,23,26,34H,3-6,14H2,1-2H3,(H,30,32,33)/t17?,18?,23-/m1/s1. The van der Waals surface area contributed by atoms with E-state index in [0.29, 0.717) is 23.8 Å². The Morgan fingerprint density at radius 3 is 2.56 bits per heavy atom. The quantitative estimate of drug-likeness (QED) is 0.403. The Morgan fingerprint density at radius 1 is 1.11 bits per heavy atom. The summed E-state index contributed by atoms with van der Waals surface area (Å²) in [5.41, 5.74) is 3.09. The predicted octanol–water partition coefficient (Wildman–Crippen LogP) is 5.41. The topological polar surface area (TPSA) is 97.2 Å². The molecule has 0 aromatic carbocycles. The van der Waals surface area contributed by atoms with E-state index in [1.807, 2.05) is 31.2 Å². The number of aliphatic hydroxyl groups excluding tert-OH is 1. The smallest absolute Gasteiger partial charge is 0.308 e. The van der Waals surface area contributed by atoms with Crippen LogP contribution in [-0.2, 0) is 16.0 Å². The third-order valence-electron chi connectivity index (χ3n) is 6.65. The number of esters is 1. The second-order valence-electron chi connectivity index (χ2n) is 9.26. The molecule has 1 aliphatic rings. The van der Waals surface area contributed by atoms with Gasteiger partial charge in [-0.1, -0.05) is 0 Å². The van der Waals surface area contributed by atoms with Crippen LogP contribution >= 0.6 is 0 Å². The summed E-state index contributed by atoms with van der Waals surface area (Å²) in [6.07, 6.45) is 3.44. The maximum Gasteiger partial charge on any atom is 0.308 e. The van der Waals surface area contributed by atoms with Crippen molar-refractivity contribution in [2.24, 2.45) is 11.8 Å². The lowest BCUT2D eigenvalue weighted by atomic mass is 9.78. The molecule has 3 aromatic rings. The number of aryl methyl sites for hydroxylation is 1. The van der Waals surface area contributed by atoms with Gasteiger partial charge in [0, 0.05) is 35.6 Å². The van der Waals surface area contributed by atoms with Crippen LogP contribution < -0.4 is 5.32 Å². The van der Waals surface area contributed by atoms with Crippen molar-refractivity contribution in [1.29, 1.82) is 0 Å². The summed E-state index contributed by atoms with van der Waals surface area (Å²) in [6, 6.07) is 10.1. The molecule has 0 saturated heterocycles. The zero-order valence-corrected chi connectivity index (χ0v) is 20.3. The van der Waals surface area contributed by atoms with Crippen molar-refractivity contribution in [3.05, 3.63) is 65.6 Å². The summed E-state index contributed by atoms with van der Waals surface area (Å²) in [6.45, 7) is 1.92. The number of rotatable bonds is 8. The van der Waals surface area contributed by atoms with Crippen LogP contribution in [0.2, 0.25) is 0 Å². The number of aliphatic hydroxyl groups is 1. The molecule has 0 bridgehead atoms. The molecule has 4 rings (SSSR count). The van der Waals surface area contributed by atoms with Crippen LogP contribution in [-0.4, -0.2) is 39.2 Å². The van der Waals surface area contributed by atoms with E-state index in [9.17, 15) is 18.7 Å². The molecule has 2 N–H and O–H groups in total. The van der Waals surface area contributed by atoms with Gasteiger partial charge in [-0.05, 0) is 80.5 Å². The van der Waals surface area contributed by atoms with Gasteiger partial charge in [-0.15, -0.1) is 0 Å². The number of hydrogen-bond donors (Lipinski definition) is 2. The molecule has 3 heterocycles. The largest absolute Gasteiger partial charge is 0.469 e. The summed E-state index contributed by atoms with van der Waals surface area (Å²) in [5, 5.41) is 13.7. The van der Waals surface area contributed by atoms with Crippen LogP contribution in [0.15, 0.2) is 48.8 Å². The first-order valence-corrected chi connectivity index (χ1v) is 12.0. The first-order chi connectivity index (χ1) is 17.3. The highest BCUT2D eigenvalue weighted by atomic mass is 19.3. The van der Waals surface area contributed by atoms with Crippen LogP contribution in [0, 0.1) is 18.8 Å². The molecule has 0 aliphatic heterocycles. The summed E-state index contributed by atoms with van der Waals surface area (Å²) >= 11 is 0. The summed E-state index contributed by atoms with van der Waals surface area (Å²) in [7, 11) is 1.41. The van der Waals surface area contributed by atoms with E-state index < -0.39 is 12.5 Å². The van der Waals surface area contributed by atoms with Gasteiger partial charge in [0.2, 0.25) is 0 Å². The Bertz CT molecular complexity index is 1180. The minimum absolute atomic E-state index is 0.0684. The highest BCUT2D eigenvalue weighted by Crippen LogP contribution is 2.32. The lowest BCUT2D eigenvalue weighted by Gasteiger charge is -2.30. The monoisotopic (exact) mass is 496 g/mol. The van der Waals surface area contributed by atoms with Crippen molar-refractivity contribution in [3.8, 4) is 11.3 Å². The van der Waals surface area contributed by atoms with Crippen LogP contribution in [0.1, 0.15) is 48.9 Å². The Labute approximate surface area is 209 Å². The van der Waals surface area contributed by atoms with Crippen molar-refractivity contribution >= 4 is 17.6 Å². The number of pyridine rings is 3. The Balaban J connectivity index is 1.40. The predicted molar refractivity (Wildman–Crippen MR) is 132 cm³/mol. The zero-order valence-electron chi connectivity index (χ0n) is 20.3. The van der Waals surface area contributed by atoms with E-state index in [4.69, 9.17) is 4.74 Å². The number of nitrogens with zero attached hydrogens (tertiary/aromatic N) is 3. The number of carbonyl (C=O) groups excluding carboxylic acids is 1. The minimum Gasteiger partial charge on any atom is -0.469 e. The maximum atomic E-state index is 13.0. The molecule has 1 saturated carbocycles. The number of aromatic nitrogens is 3. The van der Waals surface area contributed by atoms with Crippen LogP contribution in [0.25, 0.3) is 11.3 Å². The van der Waals surface area contributed by atoms with Crippen molar-refractivity contribution in [3.63, 3.8) is 0 Å². The van der Waals surface area contributed by atoms with Gasteiger partial charge in [0.05, 0.1) is 24.8 Å². The maximum absolute atomic E-state index is 13.0. The molecule has 190 valence electrons. The number of ether oxygens (including phenoxy) is 1. The van der Waals surface area contributed by atoms with Gasteiger partial charge in [-0.25, -0.2) is 18.7 Å². The zero-order chi connectivity index (χ0) is 25.7. The van der Waals surface area contributed by atoms with Gasteiger partial charge in [0.25, 0.3) is 6.43 Å². The molecular weight excluding hydrogens is 466 g/mol. The molecular formula is C27H30F2N4O3. The summed E-state index contributed by atoms with van der Waals surface area (Å²) in [4.78, 5) is 25.0. The molecule has 36 heavy (non-hydrogen) atoms. The molecule has 0 amide bonds. The molecule has 0 unspecified atom stereocenters. The number of carbonyl (C=O) groups is 1. The van der Waals surface area contributed by atoms with E-state index in [2.05, 4.69) is 20.3 Å². The van der Waals surface area contributed by atoms with E-state index in [1.165, 1.54) is 25.4 Å². The van der Waals surface area contributed by atoms with Crippen molar-refractivity contribution in [2.75, 3.05) is 12.4 Å². The highest BCUT2D eigenvalue weighted by molar-refractivity contribution is 5.72. The van der Waals surface area contributed by atoms with Gasteiger partial charge < -0.3 is 15.2 Å². The van der Waals surface area contributed by atoms with E-state index in [1.54, 1.807) is 6.20 Å². The van der Waals surface area contributed by atoms with Crippen LogP contribution in [0.3, 0.4) is 0 Å². The molecule has 0 spiro atoms. The number of alkyl halides is 2. The van der Waals surface area contributed by atoms with Gasteiger partial charge in [0.15, 0.2) is 0 Å². The van der Waals surface area contributed by atoms with Crippen LogP contribution in [0.4, 0.5) is 20.4 Å². The fraction of sp³-hybridized carbons (Fsp3) is 0.407. The molecule has 9 heteroatoms. The normalized spacial score (nSPS) is 18.6. The van der Waals surface area contributed by atoms with Gasteiger partial charge in [0.1, 0.15) is 11.6 Å². The first kappa shape index (κ1) is 25.6. The number of hydrogen-bond acceptors (Lipinski definition) is 7. The summed E-state index contributed by atoms with van der Waals surface area (Å²) < 4.78 is 30.8. The first-order valence-electron chi connectivity index (χ1n) is 12.0. The van der Waals surface area contributed by atoms with Gasteiger partial charge in [-0.3, -0.25) is 9.78 Å². The second kappa shape index (κ2) is 11.5. The van der Waals surface area contributed by atoms with Crippen LogP contribution in [0.5, 0.6) is 0 Å². The molecule has 1 aliphatic carbocycles. The second-order valence-corrected chi connectivity index (χ2v) is 9.26. The lowest BCUT2D eigenvalue weighted by molar-refractivity contribution is -0.147. The Morgan fingerprint density at radius 2 is 1.89 bits per heavy atom. The fourth-order valence-corrected chi connectivity index (χ4v) is 4.65. The molecule has 0 radical (unpaired) electrons. The number of anilines is 2. The number of nitrogens with one attached hydrogen (secondary N) is 1. The molecule has 3 aromatic heterocycles. The third kappa shape index (κ3) is 6.40. The van der Waals surface area contributed by atoms with Gasteiger partial charge in [-0.2, -0.15) is 0 Å². The Kier molecular flexibility index (Phi) is 8.20. The minimum atomic E-state index is -2.58. The van der Waals surface area contributed by atoms with E-state index >= 15 is 0 Å². The van der Waals surface area contributed by atoms with Crippen molar-refractivity contribution in [2.45, 2.75) is 51.6 Å². The number of methoxy groups -OCH3 is 1. The average Bonchev–Trinajstić information content (AvgIpc) is 2.88. The third-order valence-corrected chi connectivity index (χ3v) is 6.65. The lowest BCUT2D eigenvalue weighted by Crippen LogP contribution is -2.30. The van der Waals surface area contributed by atoms with Crippen molar-refractivity contribution in [1.82, 2.24) is 15.0 Å². The van der Waals surface area contributed by atoms with E-state index in [-0.39, 0.29) is 23.4 Å². The molecule has 1 atom stereocenters. The average molecular weight is 497 g/mol. The fourth-order valence-electron chi connectivity index (χ4n) is 4.65. The highest BCUT2D eigenvalue weighted by Gasteiger charge is 2.30. The van der Waals surface area contributed by atoms with Crippen molar-refractivity contribution < 1.29 is 23.4 Å².